The normalized spacial score (nSPS) is 10.5. The van der Waals surface area contributed by atoms with Gasteiger partial charge in [-0.15, -0.1) is 4.52 Å². The molecule has 5 heteroatoms. The van der Waals surface area contributed by atoms with E-state index in [4.69, 9.17) is 0 Å². The summed E-state index contributed by atoms with van der Waals surface area (Å²) in [6.07, 6.45) is 0. The molecule has 0 N–H and O–H groups in total. The molecule has 11 heavy (non-hydrogen) atoms. The second kappa shape index (κ2) is 4.99. The van der Waals surface area contributed by atoms with E-state index < -0.39 is 14.2 Å². The highest BCUT2D eigenvalue weighted by Gasteiger charge is 2.25. The lowest BCUT2D eigenvalue weighted by atomic mass is 10.4. The van der Waals surface area contributed by atoms with Crippen LogP contribution in [0.25, 0.3) is 0 Å². The van der Waals surface area contributed by atoms with Crippen molar-refractivity contribution >= 4 is 14.2 Å². The van der Waals surface area contributed by atoms with Crippen LogP contribution in [0, 0.1) is 0 Å². The van der Waals surface area contributed by atoms with Gasteiger partial charge in [0.2, 0.25) is 0 Å². The van der Waals surface area contributed by atoms with Crippen LogP contribution in [0.2, 0.25) is 0 Å². The van der Waals surface area contributed by atoms with E-state index in [1.54, 1.807) is 6.92 Å². The second-order valence-corrected chi connectivity index (χ2v) is 2.69. The molecule has 1 unspecified atom stereocenters. The summed E-state index contributed by atoms with van der Waals surface area (Å²) in [5, 5.41) is 0. The summed E-state index contributed by atoms with van der Waals surface area (Å²) in [5.41, 5.74) is 0.202. The average molecular weight is 177 g/mol. The molecule has 0 saturated heterocycles. The van der Waals surface area contributed by atoms with Gasteiger partial charge in [0, 0.05) is 10.1 Å². The summed E-state index contributed by atoms with van der Waals surface area (Å²) in [7, 11) is -2.31. The monoisotopic (exact) mass is 177 g/mol. The standard InChI is InChI=1S/C6H10O4P/c1-4-9-11(8)10-6(7)5(2)3/h2,4H2,1,3H3/q+1. The van der Waals surface area contributed by atoms with E-state index in [2.05, 4.69) is 15.6 Å². The predicted molar refractivity (Wildman–Crippen MR) is 40.1 cm³/mol. The van der Waals surface area contributed by atoms with Gasteiger partial charge in [-0.3, -0.25) is 0 Å². The lowest BCUT2D eigenvalue weighted by Crippen LogP contribution is -1.99. The Hall–Kier alpha value is -0.730. The smallest absolute Gasteiger partial charge is 0.241 e. The zero-order valence-corrected chi connectivity index (χ0v) is 7.39. The van der Waals surface area contributed by atoms with Crippen LogP contribution in [0.3, 0.4) is 0 Å². The van der Waals surface area contributed by atoms with Gasteiger partial charge in [-0.25, -0.2) is 4.79 Å². The predicted octanol–water partition coefficient (Wildman–Crippen LogP) is 1.80. The quantitative estimate of drug-likeness (QED) is 0.485. The van der Waals surface area contributed by atoms with Crippen molar-refractivity contribution in [2.75, 3.05) is 6.61 Å². The van der Waals surface area contributed by atoms with Crippen molar-refractivity contribution in [1.82, 2.24) is 0 Å². The minimum atomic E-state index is -2.31. The molecular weight excluding hydrogens is 167 g/mol. The summed E-state index contributed by atoms with van der Waals surface area (Å²) >= 11 is 0. The van der Waals surface area contributed by atoms with Gasteiger partial charge in [-0.2, -0.15) is 4.52 Å². The maximum Gasteiger partial charge on any atom is 0.753 e. The minimum Gasteiger partial charge on any atom is -0.241 e. The molecule has 0 fully saturated rings. The molecule has 0 aliphatic rings. The van der Waals surface area contributed by atoms with E-state index in [9.17, 15) is 9.36 Å². The summed E-state index contributed by atoms with van der Waals surface area (Å²) < 4.78 is 19.4. The Balaban J connectivity index is 3.76. The first-order chi connectivity index (χ1) is 5.07. The number of carbonyl (C=O) groups is 1. The number of hydrogen-bond acceptors (Lipinski definition) is 4. The third-order valence-electron chi connectivity index (χ3n) is 0.740. The topological polar surface area (TPSA) is 52.6 Å². The molecule has 0 bridgehead atoms. The largest absolute Gasteiger partial charge is 0.753 e. The van der Waals surface area contributed by atoms with Crippen LogP contribution >= 0.6 is 8.25 Å². The highest BCUT2D eigenvalue weighted by molar-refractivity contribution is 7.34. The first-order valence-electron chi connectivity index (χ1n) is 3.06. The first kappa shape index (κ1) is 10.3. The molecule has 0 amide bonds. The van der Waals surface area contributed by atoms with Crippen molar-refractivity contribution in [3.8, 4) is 0 Å². The van der Waals surface area contributed by atoms with E-state index >= 15 is 0 Å². The van der Waals surface area contributed by atoms with E-state index in [0.29, 0.717) is 0 Å². The third-order valence-corrected chi connectivity index (χ3v) is 1.52. The molecular formula is C6H10O4P+. The molecule has 0 radical (unpaired) electrons. The Bertz CT molecular complexity index is 187. The van der Waals surface area contributed by atoms with Crippen molar-refractivity contribution in [3.05, 3.63) is 12.2 Å². The molecule has 62 valence electrons. The highest BCUT2D eigenvalue weighted by Crippen LogP contribution is 2.24. The van der Waals surface area contributed by atoms with Gasteiger partial charge in [0.05, 0.1) is 0 Å². The zero-order chi connectivity index (χ0) is 8.85. The highest BCUT2D eigenvalue weighted by atomic mass is 31.1. The summed E-state index contributed by atoms with van der Waals surface area (Å²) in [6, 6.07) is 0. The molecule has 0 aliphatic heterocycles. The maximum atomic E-state index is 10.6. The Morgan fingerprint density at radius 3 is 2.55 bits per heavy atom. The lowest BCUT2D eigenvalue weighted by molar-refractivity contribution is -0.130. The fraction of sp³-hybridized carbons (Fsp3) is 0.500. The van der Waals surface area contributed by atoms with Crippen LogP contribution in [0.15, 0.2) is 12.2 Å². The van der Waals surface area contributed by atoms with Gasteiger partial charge in [0.25, 0.3) is 0 Å². The van der Waals surface area contributed by atoms with Crippen molar-refractivity contribution < 1.29 is 18.4 Å². The van der Waals surface area contributed by atoms with E-state index in [0.717, 1.165) is 0 Å². The van der Waals surface area contributed by atoms with E-state index in [1.807, 2.05) is 0 Å². The lowest BCUT2D eigenvalue weighted by Gasteiger charge is -1.87. The number of carbonyl (C=O) groups excluding carboxylic acids is 1. The van der Waals surface area contributed by atoms with Gasteiger partial charge in [-0.05, 0) is 13.8 Å². The molecule has 0 rings (SSSR count). The van der Waals surface area contributed by atoms with Crippen LogP contribution in [-0.2, 0) is 18.4 Å². The van der Waals surface area contributed by atoms with Crippen molar-refractivity contribution in [2.24, 2.45) is 0 Å². The van der Waals surface area contributed by atoms with Gasteiger partial charge in [0.1, 0.15) is 6.61 Å². The zero-order valence-electron chi connectivity index (χ0n) is 6.49. The van der Waals surface area contributed by atoms with Crippen LogP contribution in [0.5, 0.6) is 0 Å². The Morgan fingerprint density at radius 2 is 2.18 bits per heavy atom. The molecule has 0 aromatic rings. The van der Waals surface area contributed by atoms with Gasteiger partial charge >= 0.3 is 14.2 Å². The minimum absolute atomic E-state index is 0.202. The van der Waals surface area contributed by atoms with E-state index in [1.165, 1.54) is 6.92 Å². The Morgan fingerprint density at radius 1 is 1.64 bits per heavy atom. The molecule has 1 atom stereocenters. The molecule has 0 spiro atoms. The molecule has 0 aromatic heterocycles. The maximum absolute atomic E-state index is 10.6. The number of rotatable bonds is 4. The summed E-state index contributed by atoms with van der Waals surface area (Å²) in [5.74, 6) is -0.695. The molecule has 0 heterocycles. The van der Waals surface area contributed by atoms with Crippen LogP contribution < -0.4 is 0 Å². The van der Waals surface area contributed by atoms with Gasteiger partial charge < -0.3 is 0 Å². The van der Waals surface area contributed by atoms with Gasteiger partial charge in [-0.1, -0.05) is 6.58 Å². The fourth-order valence-electron chi connectivity index (χ4n) is 0.277. The Kier molecular flexibility index (Phi) is 4.66. The molecule has 0 aromatic carbocycles. The van der Waals surface area contributed by atoms with Gasteiger partial charge in [0.15, 0.2) is 0 Å². The van der Waals surface area contributed by atoms with Crippen LogP contribution in [0.1, 0.15) is 13.8 Å². The van der Waals surface area contributed by atoms with E-state index in [-0.39, 0.29) is 12.2 Å². The SMILES string of the molecule is C=C(C)C(=O)O[P+](=O)OCC. The summed E-state index contributed by atoms with van der Waals surface area (Å²) in [4.78, 5) is 10.6. The van der Waals surface area contributed by atoms with Crippen LogP contribution in [-0.4, -0.2) is 12.6 Å². The molecule has 0 aliphatic carbocycles. The van der Waals surface area contributed by atoms with Crippen molar-refractivity contribution in [2.45, 2.75) is 13.8 Å². The van der Waals surface area contributed by atoms with Crippen molar-refractivity contribution in [3.63, 3.8) is 0 Å². The van der Waals surface area contributed by atoms with Crippen LogP contribution in [0.4, 0.5) is 0 Å². The summed E-state index contributed by atoms with van der Waals surface area (Å²) in [6.45, 7) is 6.68. The molecule has 4 nitrogen and oxygen atoms in total. The van der Waals surface area contributed by atoms with Crippen molar-refractivity contribution in [1.29, 1.82) is 0 Å². The fourth-order valence-corrected chi connectivity index (χ4v) is 0.832. The molecule has 0 saturated carbocycles. The second-order valence-electron chi connectivity index (χ2n) is 1.80. The third kappa shape index (κ3) is 4.65. The number of hydrogen-bond donors (Lipinski definition) is 0. The first-order valence-corrected chi connectivity index (χ1v) is 4.15. The Labute approximate surface area is 66.1 Å². The average Bonchev–Trinajstić information content (AvgIpc) is 1.87.